The molecule has 0 spiro atoms. The van der Waals surface area contributed by atoms with Crippen LogP contribution in [0.2, 0.25) is 0 Å². The molecule has 0 saturated heterocycles. The zero-order valence-corrected chi connectivity index (χ0v) is 24.4. The van der Waals surface area contributed by atoms with Gasteiger partial charge in [-0.05, 0) is 80.2 Å². The standard InChI is InChI=1S/C24H32O2.C5H12.C3H6O/c1-6-9-10-19-13-17(4)22(18(5)14-19)23-20(25)15-24(11-7-2,12-8-3)16-21(23)26;1-5(2,3)4;1-3(2)4/h13-14,23H,6-8,11-12,15-16H2,1-5H3;1-4H3;1-2H3. The zero-order chi connectivity index (χ0) is 27.4. The van der Waals surface area contributed by atoms with Crippen LogP contribution in [0, 0.1) is 36.5 Å². The second-order valence-corrected chi connectivity index (χ2v) is 11.8. The first kappa shape index (κ1) is 32.8. The number of rotatable bonds is 5. The molecule has 1 aliphatic carbocycles. The number of Topliss-reactive ketones (excluding diaryl/α,β-unsaturated/α-hetero) is 3. The molecular formula is C32H50O3. The summed E-state index contributed by atoms with van der Waals surface area (Å²) < 4.78 is 0. The Morgan fingerprint density at radius 3 is 1.60 bits per heavy atom. The highest BCUT2D eigenvalue weighted by Gasteiger charge is 2.45. The minimum atomic E-state index is -0.579. The molecule has 0 N–H and O–H groups in total. The van der Waals surface area contributed by atoms with Gasteiger partial charge in [-0.3, -0.25) is 9.59 Å². The number of benzene rings is 1. The quantitative estimate of drug-likeness (QED) is 0.313. The molecule has 1 aromatic carbocycles. The lowest BCUT2D eigenvalue weighted by molar-refractivity contribution is -0.137. The Bertz CT molecular complexity index is 859. The van der Waals surface area contributed by atoms with E-state index in [9.17, 15) is 14.4 Å². The maximum Gasteiger partial charge on any atom is 0.148 e. The van der Waals surface area contributed by atoms with Crippen LogP contribution in [-0.2, 0) is 14.4 Å². The lowest BCUT2D eigenvalue weighted by atomic mass is 9.63. The van der Waals surface area contributed by atoms with Crippen molar-refractivity contribution in [3.8, 4) is 11.8 Å². The van der Waals surface area contributed by atoms with Crippen molar-refractivity contribution in [2.24, 2.45) is 10.8 Å². The fraction of sp³-hybridized carbons (Fsp3) is 0.656. The summed E-state index contributed by atoms with van der Waals surface area (Å²) in [7, 11) is 0. The molecule has 1 saturated carbocycles. The fourth-order valence-electron chi connectivity index (χ4n) is 4.74. The zero-order valence-electron chi connectivity index (χ0n) is 24.4. The SMILES string of the molecule is CC(C)(C)C.CC(C)=O.CCC#Cc1cc(C)c(C2C(=O)CC(CCC)(CCC)CC2=O)c(C)c1. The summed E-state index contributed by atoms with van der Waals surface area (Å²) in [6, 6.07) is 4.04. The van der Waals surface area contributed by atoms with Gasteiger partial charge in [0.05, 0.1) is 0 Å². The highest BCUT2D eigenvalue weighted by molar-refractivity contribution is 6.10. The minimum Gasteiger partial charge on any atom is -0.300 e. The van der Waals surface area contributed by atoms with E-state index in [0.29, 0.717) is 18.3 Å². The molecule has 35 heavy (non-hydrogen) atoms. The van der Waals surface area contributed by atoms with Crippen LogP contribution in [0.4, 0.5) is 0 Å². The number of ketones is 3. The Hall–Kier alpha value is -2.21. The topological polar surface area (TPSA) is 51.2 Å². The first-order chi connectivity index (χ1) is 16.1. The predicted molar refractivity (Wildman–Crippen MR) is 149 cm³/mol. The highest BCUT2D eigenvalue weighted by atomic mass is 16.2. The van der Waals surface area contributed by atoms with E-state index in [1.54, 1.807) is 0 Å². The van der Waals surface area contributed by atoms with Crippen LogP contribution in [0.5, 0.6) is 0 Å². The molecule has 3 nitrogen and oxygen atoms in total. The van der Waals surface area contributed by atoms with Crippen molar-refractivity contribution in [1.82, 2.24) is 0 Å². The normalized spacial score (nSPS) is 15.2. The van der Waals surface area contributed by atoms with Crippen molar-refractivity contribution in [3.05, 3.63) is 34.4 Å². The van der Waals surface area contributed by atoms with Crippen LogP contribution in [0.3, 0.4) is 0 Å². The van der Waals surface area contributed by atoms with Crippen LogP contribution in [0.1, 0.15) is 135 Å². The van der Waals surface area contributed by atoms with Crippen molar-refractivity contribution in [2.45, 2.75) is 127 Å². The lowest BCUT2D eigenvalue weighted by Gasteiger charge is -2.39. The Morgan fingerprint density at radius 1 is 0.914 bits per heavy atom. The molecule has 1 aromatic rings. The van der Waals surface area contributed by atoms with Gasteiger partial charge in [0.1, 0.15) is 23.3 Å². The third-order valence-corrected chi connectivity index (χ3v) is 5.59. The fourth-order valence-corrected chi connectivity index (χ4v) is 4.74. The highest BCUT2D eigenvalue weighted by Crippen LogP contribution is 2.46. The Balaban J connectivity index is 0.00000110. The van der Waals surface area contributed by atoms with E-state index >= 15 is 0 Å². The van der Waals surface area contributed by atoms with Gasteiger partial charge in [-0.25, -0.2) is 0 Å². The van der Waals surface area contributed by atoms with Gasteiger partial charge in [-0.1, -0.05) is 73.1 Å². The van der Waals surface area contributed by atoms with Gasteiger partial charge in [0.15, 0.2) is 0 Å². The number of hydrogen-bond donors (Lipinski definition) is 0. The third-order valence-electron chi connectivity index (χ3n) is 5.59. The molecule has 196 valence electrons. The second kappa shape index (κ2) is 15.0. The van der Waals surface area contributed by atoms with Gasteiger partial charge >= 0.3 is 0 Å². The van der Waals surface area contributed by atoms with E-state index in [1.165, 1.54) is 13.8 Å². The van der Waals surface area contributed by atoms with E-state index in [4.69, 9.17) is 0 Å². The van der Waals surface area contributed by atoms with E-state index in [0.717, 1.165) is 54.4 Å². The van der Waals surface area contributed by atoms with Crippen LogP contribution in [0.15, 0.2) is 12.1 Å². The first-order valence-corrected chi connectivity index (χ1v) is 13.2. The van der Waals surface area contributed by atoms with Crippen LogP contribution in [-0.4, -0.2) is 17.3 Å². The molecule has 3 heteroatoms. The average molecular weight is 483 g/mol. The van der Waals surface area contributed by atoms with Crippen molar-refractivity contribution in [3.63, 3.8) is 0 Å². The number of hydrogen-bond acceptors (Lipinski definition) is 3. The summed E-state index contributed by atoms with van der Waals surface area (Å²) in [5.74, 6) is 6.06. The summed E-state index contributed by atoms with van der Waals surface area (Å²) in [5, 5.41) is 0. The summed E-state index contributed by atoms with van der Waals surface area (Å²) in [4.78, 5) is 35.6. The maximum absolute atomic E-state index is 13.1. The van der Waals surface area contributed by atoms with Gasteiger partial charge in [0.25, 0.3) is 0 Å². The molecule has 0 aromatic heterocycles. The Kier molecular flexibility index (Phi) is 14.1. The van der Waals surface area contributed by atoms with Gasteiger partial charge in [0.2, 0.25) is 0 Å². The van der Waals surface area contributed by atoms with E-state index in [1.807, 2.05) is 32.9 Å². The molecule has 0 radical (unpaired) electrons. The van der Waals surface area contributed by atoms with Crippen molar-refractivity contribution in [1.29, 1.82) is 0 Å². The maximum atomic E-state index is 13.1. The molecule has 1 fully saturated rings. The lowest BCUT2D eigenvalue weighted by Crippen LogP contribution is -2.40. The monoisotopic (exact) mass is 482 g/mol. The smallest absolute Gasteiger partial charge is 0.148 e. The van der Waals surface area contributed by atoms with Gasteiger partial charge in [0, 0.05) is 24.8 Å². The van der Waals surface area contributed by atoms with Crippen molar-refractivity contribution >= 4 is 17.3 Å². The van der Waals surface area contributed by atoms with Crippen LogP contribution in [0.25, 0.3) is 0 Å². The third kappa shape index (κ3) is 12.4. The van der Waals surface area contributed by atoms with E-state index < -0.39 is 5.92 Å². The molecule has 0 bridgehead atoms. The van der Waals surface area contributed by atoms with E-state index in [-0.39, 0.29) is 22.8 Å². The number of carbonyl (C=O) groups is 3. The number of carbonyl (C=O) groups excluding carboxylic acids is 3. The Labute approximate surface area is 215 Å². The average Bonchev–Trinajstić information content (AvgIpc) is 2.66. The molecule has 2 rings (SSSR count). The Morgan fingerprint density at radius 2 is 1.29 bits per heavy atom. The molecule has 0 atom stereocenters. The van der Waals surface area contributed by atoms with Crippen LogP contribution >= 0.6 is 0 Å². The molecule has 0 unspecified atom stereocenters. The van der Waals surface area contributed by atoms with Gasteiger partial charge < -0.3 is 4.79 Å². The molecular weight excluding hydrogens is 432 g/mol. The molecule has 1 aliphatic rings. The van der Waals surface area contributed by atoms with Crippen molar-refractivity contribution in [2.75, 3.05) is 0 Å². The largest absolute Gasteiger partial charge is 0.300 e. The second-order valence-electron chi connectivity index (χ2n) is 11.8. The summed E-state index contributed by atoms with van der Waals surface area (Å²) in [6.07, 6.45) is 5.88. The minimum absolute atomic E-state index is 0.109. The van der Waals surface area contributed by atoms with Crippen molar-refractivity contribution < 1.29 is 14.4 Å². The number of aryl methyl sites for hydroxylation is 2. The summed E-state index contributed by atoms with van der Waals surface area (Å²) >= 11 is 0. The first-order valence-electron chi connectivity index (χ1n) is 13.2. The predicted octanol–water partition coefficient (Wildman–Crippen LogP) is 8.31. The summed E-state index contributed by atoms with van der Waals surface area (Å²) in [6.45, 7) is 22.1. The molecule has 0 heterocycles. The van der Waals surface area contributed by atoms with Crippen LogP contribution < -0.4 is 0 Å². The molecule has 0 amide bonds. The molecule has 0 aliphatic heterocycles. The van der Waals surface area contributed by atoms with Gasteiger partial charge in [-0.15, -0.1) is 0 Å². The van der Waals surface area contributed by atoms with E-state index in [2.05, 4.69) is 53.4 Å². The van der Waals surface area contributed by atoms with Gasteiger partial charge in [-0.2, -0.15) is 0 Å². The summed E-state index contributed by atoms with van der Waals surface area (Å²) in [5.41, 5.74) is 4.30.